The number of hydrogen-bond donors (Lipinski definition) is 2. The van der Waals surface area contributed by atoms with Gasteiger partial charge in [-0.1, -0.05) is 24.3 Å². The van der Waals surface area contributed by atoms with Gasteiger partial charge in [0.2, 0.25) is 0 Å². The monoisotopic (exact) mass is 248 g/mol. The number of benzene rings is 1. The Kier molecular flexibility index (Phi) is 4.75. The number of rotatable bonds is 3. The summed E-state index contributed by atoms with van der Waals surface area (Å²) in [6.07, 6.45) is 3.18. The third-order valence-electron chi connectivity index (χ3n) is 3.94. The van der Waals surface area contributed by atoms with Gasteiger partial charge < -0.3 is 15.7 Å². The van der Waals surface area contributed by atoms with Crippen molar-refractivity contribution in [1.82, 2.24) is 4.90 Å². The van der Waals surface area contributed by atoms with Crippen molar-refractivity contribution < 1.29 is 5.11 Å². The fourth-order valence-corrected chi connectivity index (χ4v) is 2.73. The zero-order valence-corrected chi connectivity index (χ0v) is 11.2. The van der Waals surface area contributed by atoms with Crippen LogP contribution in [0.2, 0.25) is 0 Å². The summed E-state index contributed by atoms with van der Waals surface area (Å²) < 4.78 is 0. The van der Waals surface area contributed by atoms with Crippen LogP contribution >= 0.6 is 0 Å². The lowest BCUT2D eigenvalue weighted by Gasteiger charge is -2.17. The molecule has 0 amide bonds. The summed E-state index contributed by atoms with van der Waals surface area (Å²) in [6.45, 7) is 2.65. The van der Waals surface area contributed by atoms with E-state index in [1.807, 2.05) is 12.1 Å². The Labute approximate surface area is 110 Å². The summed E-state index contributed by atoms with van der Waals surface area (Å²) in [5.41, 5.74) is 7.83. The lowest BCUT2D eigenvalue weighted by atomic mass is 9.90. The quantitative estimate of drug-likeness (QED) is 0.858. The fraction of sp³-hybridized carbons (Fsp3) is 0.600. The van der Waals surface area contributed by atoms with Gasteiger partial charge in [-0.05, 0) is 56.4 Å². The SMILES string of the molecule is CN1CCCC(c2cccc(C(O)CN)c2)CC1. The van der Waals surface area contributed by atoms with Gasteiger partial charge in [0.1, 0.15) is 0 Å². The molecule has 1 heterocycles. The van der Waals surface area contributed by atoms with Gasteiger partial charge in [-0.2, -0.15) is 0 Å². The molecule has 0 saturated carbocycles. The Bertz CT molecular complexity index is 381. The minimum absolute atomic E-state index is 0.289. The first-order valence-corrected chi connectivity index (χ1v) is 6.87. The zero-order valence-electron chi connectivity index (χ0n) is 11.2. The van der Waals surface area contributed by atoms with Crippen molar-refractivity contribution in [2.75, 3.05) is 26.7 Å². The maximum absolute atomic E-state index is 9.82. The maximum Gasteiger partial charge on any atom is 0.0912 e. The van der Waals surface area contributed by atoms with E-state index in [2.05, 4.69) is 24.1 Å². The van der Waals surface area contributed by atoms with E-state index in [1.54, 1.807) is 0 Å². The first kappa shape index (κ1) is 13.5. The van der Waals surface area contributed by atoms with E-state index in [0.29, 0.717) is 5.92 Å². The van der Waals surface area contributed by atoms with Gasteiger partial charge in [-0.15, -0.1) is 0 Å². The van der Waals surface area contributed by atoms with Crippen molar-refractivity contribution in [3.63, 3.8) is 0 Å². The molecule has 2 unspecified atom stereocenters. The maximum atomic E-state index is 9.82. The minimum Gasteiger partial charge on any atom is -0.387 e. The molecule has 3 heteroatoms. The Morgan fingerprint density at radius 2 is 2.22 bits per heavy atom. The van der Waals surface area contributed by atoms with Crippen LogP contribution < -0.4 is 5.73 Å². The van der Waals surface area contributed by atoms with Crippen molar-refractivity contribution in [3.05, 3.63) is 35.4 Å². The summed E-state index contributed by atoms with van der Waals surface area (Å²) in [5, 5.41) is 9.82. The number of nitrogens with zero attached hydrogens (tertiary/aromatic N) is 1. The zero-order chi connectivity index (χ0) is 13.0. The standard InChI is InChI=1S/C15H24N2O/c1-17-8-3-6-12(7-9-17)13-4-2-5-14(10-13)15(18)11-16/h2,4-5,10,12,15,18H,3,6-9,11,16H2,1H3. The molecule has 3 N–H and O–H groups in total. The summed E-state index contributed by atoms with van der Waals surface area (Å²) in [4.78, 5) is 2.40. The number of aliphatic hydroxyl groups excluding tert-OH is 1. The number of hydrogen-bond acceptors (Lipinski definition) is 3. The van der Waals surface area contributed by atoms with Crippen LogP contribution in [-0.2, 0) is 0 Å². The largest absolute Gasteiger partial charge is 0.387 e. The van der Waals surface area contributed by atoms with Gasteiger partial charge in [0, 0.05) is 6.54 Å². The molecule has 0 radical (unpaired) electrons. The van der Waals surface area contributed by atoms with Crippen LogP contribution in [0.5, 0.6) is 0 Å². The molecular formula is C15H24N2O. The molecule has 1 saturated heterocycles. The van der Waals surface area contributed by atoms with Crippen LogP contribution in [0.4, 0.5) is 0 Å². The Balaban J connectivity index is 2.12. The first-order chi connectivity index (χ1) is 8.70. The van der Waals surface area contributed by atoms with E-state index in [0.717, 1.165) is 12.1 Å². The van der Waals surface area contributed by atoms with E-state index in [9.17, 15) is 5.11 Å². The summed E-state index contributed by atoms with van der Waals surface area (Å²) in [6, 6.07) is 8.32. The first-order valence-electron chi connectivity index (χ1n) is 6.87. The van der Waals surface area contributed by atoms with Crippen molar-refractivity contribution >= 4 is 0 Å². The second-order valence-corrected chi connectivity index (χ2v) is 5.35. The average molecular weight is 248 g/mol. The van der Waals surface area contributed by atoms with Gasteiger partial charge >= 0.3 is 0 Å². The van der Waals surface area contributed by atoms with Crippen molar-refractivity contribution in [1.29, 1.82) is 0 Å². The van der Waals surface area contributed by atoms with Crippen LogP contribution in [-0.4, -0.2) is 36.7 Å². The molecule has 2 atom stereocenters. The van der Waals surface area contributed by atoms with Crippen LogP contribution in [0, 0.1) is 0 Å². The van der Waals surface area contributed by atoms with E-state index in [1.165, 1.54) is 31.4 Å². The molecule has 100 valence electrons. The van der Waals surface area contributed by atoms with E-state index in [4.69, 9.17) is 5.73 Å². The van der Waals surface area contributed by atoms with Crippen molar-refractivity contribution in [3.8, 4) is 0 Å². The van der Waals surface area contributed by atoms with Crippen LogP contribution in [0.15, 0.2) is 24.3 Å². The third-order valence-corrected chi connectivity index (χ3v) is 3.94. The van der Waals surface area contributed by atoms with Crippen molar-refractivity contribution in [2.24, 2.45) is 5.73 Å². The van der Waals surface area contributed by atoms with Crippen molar-refractivity contribution in [2.45, 2.75) is 31.3 Å². The molecule has 3 nitrogen and oxygen atoms in total. The third kappa shape index (κ3) is 3.31. The summed E-state index contributed by atoms with van der Waals surface area (Å²) >= 11 is 0. The van der Waals surface area contributed by atoms with Gasteiger partial charge in [-0.3, -0.25) is 0 Å². The summed E-state index contributed by atoms with van der Waals surface area (Å²) in [5.74, 6) is 0.625. The molecule has 2 rings (SSSR count). The molecule has 0 aromatic heterocycles. The topological polar surface area (TPSA) is 49.5 Å². The number of nitrogens with two attached hydrogens (primary N) is 1. The Morgan fingerprint density at radius 3 is 3.00 bits per heavy atom. The highest BCUT2D eigenvalue weighted by Crippen LogP contribution is 2.29. The Hall–Kier alpha value is -0.900. The summed E-state index contributed by atoms with van der Waals surface area (Å²) in [7, 11) is 2.19. The lowest BCUT2D eigenvalue weighted by molar-refractivity contribution is 0.186. The average Bonchev–Trinajstić information content (AvgIpc) is 2.63. The molecule has 1 fully saturated rings. The molecule has 0 bridgehead atoms. The number of likely N-dealkylation sites (tertiary alicyclic amines) is 1. The number of aliphatic hydroxyl groups is 1. The minimum atomic E-state index is -0.529. The lowest BCUT2D eigenvalue weighted by Crippen LogP contribution is -2.18. The molecule has 0 spiro atoms. The molecule has 1 aromatic rings. The highest BCUT2D eigenvalue weighted by Gasteiger charge is 2.17. The molecule has 1 aliphatic rings. The predicted octanol–water partition coefficient (Wildman–Crippen LogP) is 1.88. The highest BCUT2D eigenvalue weighted by atomic mass is 16.3. The second-order valence-electron chi connectivity index (χ2n) is 5.35. The van der Waals surface area contributed by atoms with E-state index in [-0.39, 0.29) is 6.54 Å². The second kappa shape index (κ2) is 6.32. The van der Waals surface area contributed by atoms with E-state index < -0.39 is 6.10 Å². The Morgan fingerprint density at radius 1 is 1.39 bits per heavy atom. The van der Waals surface area contributed by atoms with Gasteiger partial charge in [0.15, 0.2) is 0 Å². The van der Waals surface area contributed by atoms with Gasteiger partial charge in [0.05, 0.1) is 6.10 Å². The normalized spacial score (nSPS) is 23.6. The smallest absolute Gasteiger partial charge is 0.0912 e. The molecule has 1 aliphatic heterocycles. The molecule has 18 heavy (non-hydrogen) atoms. The molecule has 0 aliphatic carbocycles. The molecular weight excluding hydrogens is 224 g/mol. The van der Waals surface area contributed by atoms with E-state index >= 15 is 0 Å². The van der Waals surface area contributed by atoms with Crippen LogP contribution in [0.1, 0.15) is 42.4 Å². The fourth-order valence-electron chi connectivity index (χ4n) is 2.73. The van der Waals surface area contributed by atoms with Gasteiger partial charge in [-0.25, -0.2) is 0 Å². The predicted molar refractivity (Wildman–Crippen MR) is 74.5 cm³/mol. The molecule has 1 aromatic carbocycles. The van der Waals surface area contributed by atoms with Gasteiger partial charge in [0.25, 0.3) is 0 Å². The van der Waals surface area contributed by atoms with Crippen LogP contribution in [0.3, 0.4) is 0 Å². The highest BCUT2D eigenvalue weighted by molar-refractivity contribution is 5.28. The van der Waals surface area contributed by atoms with Crippen LogP contribution in [0.25, 0.3) is 0 Å².